The van der Waals surface area contributed by atoms with E-state index in [2.05, 4.69) is 15.0 Å². The lowest BCUT2D eigenvalue weighted by molar-refractivity contribution is 0.0936. The molecule has 1 amide bonds. The Kier molecular flexibility index (Phi) is 6.91. The van der Waals surface area contributed by atoms with Crippen molar-refractivity contribution in [3.8, 4) is 5.75 Å². The van der Waals surface area contributed by atoms with Crippen LogP contribution in [0.15, 0.2) is 71.9 Å². The summed E-state index contributed by atoms with van der Waals surface area (Å²) in [5.74, 6) is 0.0320. The maximum atomic E-state index is 13.1. The van der Waals surface area contributed by atoms with Crippen molar-refractivity contribution in [2.75, 3.05) is 11.8 Å². The van der Waals surface area contributed by atoms with E-state index in [1.54, 1.807) is 30.6 Å². The quantitative estimate of drug-likeness (QED) is 0.551. The molecule has 0 radical (unpaired) electrons. The van der Waals surface area contributed by atoms with E-state index < -0.39 is 15.9 Å². The summed E-state index contributed by atoms with van der Waals surface area (Å²) < 4.78 is 33.5. The highest BCUT2D eigenvalue weighted by Gasteiger charge is 2.21. The van der Waals surface area contributed by atoms with Crippen molar-refractivity contribution < 1.29 is 17.9 Å². The molecule has 0 bridgehead atoms. The van der Waals surface area contributed by atoms with Crippen LogP contribution in [0.3, 0.4) is 0 Å². The lowest BCUT2D eigenvalue weighted by atomic mass is 10.0. The van der Waals surface area contributed by atoms with Crippen molar-refractivity contribution in [3.63, 3.8) is 0 Å². The number of sulfonamides is 1. The molecule has 1 heterocycles. The molecule has 1 unspecified atom stereocenters. The summed E-state index contributed by atoms with van der Waals surface area (Å²) in [5.41, 5.74) is 2.20. The number of benzene rings is 2. The zero-order valence-electron chi connectivity index (χ0n) is 17.6. The van der Waals surface area contributed by atoms with Crippen LogP contribution < -0.4 is 14.8 Å². The van der Waals surface area contributed by atoms with Gasteiger partial charge in [0.05, 0.1) is 29.3 Å². The summed E-state index contributed by atoms with van der Waals surface area (Å²) in [6.45, 7) is 3.83. The van der Waals surface area contributed by atoms with Gasteiger partial charge in [-0.15, -0.1) is 0 Å². The van der Waals surface area contributed by atoms with E-state index in [1.807, 2.05) is 26.0 Å². The minimum absolute atomic E-state index is 0.114. The molecule has 0 aliphatic heterocycles. The smallest absolute Gasteiger partial charge is 0.261 e. The predicted octanol–water partition coefficient (Wildman–Crippen LogP) is 4.08. The maximum Gasteiger partial charge on any atom is 0.261 e. The largest absolute Gasteiger partial charge is 0.497 e. The number of aryl methyl sites for hydroxylation is 1. The van der Waals surface area contributed by atoms with Crippen LogP contribution in [-0.2, 0) is 10.0 Å². The average Bonchev–Trinajstić information content (AvgIpc) is 2.78. The molecule has 0 aliphatic carbocycles. The third-order valence-electron chi connectivity index (χ3n) is 4.87. The number of aromatic nitrogens is 1. The Morgan fingerprint density at radius 2 is 1.74 bits per heavy atom. The number of rotatable bonds is 8. The van der Waals surface area contributed by atoms with Gasteiger partial charge in [-0.25, -0.2) is 8.42 Å². The van der Waals surface area contributed by atoms with Crippen LogP contribution >= 0.6 is 0 Å². The molecule has 1 aromatic heterocycles. The molecule has 2 N–H and O–H groups in total. The molecule has 162 valence electrons. The summed E-state index contributed by atoms with van der Waals surface area (Å²) in [7, 11) is -2.39. The second kappa shape index (κ2) is 9.61. The van der Waals surface area contributed by atoms with E-state index >= 15 is 0 Å². The summed E-state index contributed by atoms with van der Waals surface area (Å²) >= 11 is 0. The molecule has 0 saturated carbocycles. The first-order valence-electron chi connectivity index (χ1n) is 9.82. The van der Waals surface area contributed by atoms with Gasteiger partial charge in [-0.3, -0.25) is 14.5 Å². The third kappa shape index (κ3) is 5.40. The fourth-order valence-corrected chi connectivity index (χ4v) is 4.18. The number of ether oxygens (including phenoxy) is 1. The van der Waals surface area contributed by atoms with Gasteiger partial charge in [0.25, 0.3) is 15.9 Å². The van der Waals surface area contributed by atoms with Gasteiger partial charge in [-0.05, 0) is 61.4 Å². The minimum atomic E-state index is -3.87. The molecule has 0 aliphatic rings. The van der Waals surface area contributed by atoms with E-state index in [0.717, 1.165) is 11.1 Å². The molecule has 7 nitrogen and oxygen atoms in total. The molecular weight excluding hydrogens is 414 g/mol. The van der Waals surface area contributed by atoms with Crippen LogP contribution in [0.25, 0.3) is 0 Å². The van der Waals surface area contributed by atoms with Crippen LogP contribution in [0.2, 0.25) is 0 Å². The highest BCUT2D eigenvalue weighted by molar-refractivity contribution is 7.92. The van der Waals surface area contributed by atoms with Gasteiger partial charge < -0.3 is 10.1 Å². The normalized spacial score (nSPS) is 12.1. The number of amides is 1. The number of hydrogen-bond acceptors (Lipinski definition) is 5. The van der Waals surface area contributed by atoms with Crippen molar-refractivity contribution in [2.45, 2.75) is 31.2 Å². The number of carbonyl (C=O) groups is 1. The third-order valence-corrected chi connectivity index (χ3v) is 6.25. The molecule has 8 heteroatoms. The Labute approximate surface area is 182 Å². The monoisotopic (exact) mass is 439 g/mol. The molecular formula is C23H25N3O4S. The summed E-state index contributed by atoms with van der Waals surface area (Å²) in [4.78, 5) is 17.2. The van der Waals surface area contributed by atoms with Crippen molar-refractivity contribution in [1.82, 2.24) is 10.3 Å². The Morgan fingerprint density at radius 1 is 1.06 bits per heavy atom. The first-order valence-corrected chi connectivity index (χ1v) is 11.3. The number of nitrogens with zero attached hydrogens (tertiary/aromatic N) is 1. The summed E-state index contributed by atoms with van der Waals surface area (Å²) in [5, 5.41) is 2.97. The Bertz CT molecular complexity index is 1150. The van der Waals surface area contributed by atoms with E-state index in [9.17, 15) is 13.2 Å². The highest BCUT2D eigenvalue weighted by atomic mass is 32.2. The molecule has 0 fully saturated rings. The van der Waals surface area contributed by atoms with E-state index in [4.69, 9.17) is 4.74 Å². The summed E-state index contributed by atoms with van der Waals surface area (Å²) in [6.07, 6.45) is 3.98. The SMILES string of the molecule is CCC(NC(=O)c1cc(OC)ccc1NS(=O)(=O)c1ccc(C)cc1)c1ccncc1. The van der Waals surface area contributed by atoms with Crippen LogP contribution in [0.5, 0.6) is 5.75 Å². The topological polar surface area (TPSA) is 97.4 Å². The number of anilines is 1. The standard InChI is InChI=1S/C23H25N3O4S/c1-4-21(17-11-13-24-14-12-17)25-23(27)20-15-18(30-3)7-10-22(20)26-31(28,29)19-8-5-16(2)6-9-19/h5-15,21,26H,4H2,1-3H3,(H,25,27). The molecule has 0 spiro atoms. The van der Waals surface area contributed by atoms with Crippen LogP contribution in [-0.4, -0.2) is 26.4 Å². The molecule has 3 rings (SSSR count). The van der Waals surface area contributed by atoms with Crippen LogP contribution in [0.4, 0.5) is 5.69 Å². The number of pyridine rings is 1. The number of hydrogen-bond donors (Lipinski definition) is 2. The number of carbonyl (C=O) groups excluding carboxylic acids is 1. The molecule has 2 aromatic carbocycles. The lowest BCUT2D eigenvalue weighted by Crippen LogP contribution is -2.29. The average molecular weight is 440 g/mol. The maximum absolute atomic E-state index is 13.1. The van der Waals surface area contributed by atoms with Crippen molar-refractivity contribution in [1.29, 1.82) is 0 Å². The number of methoxy groups -OCH3 is 1. The van der Waals surface area contributed by atoms with Gasteiger partial charge >= 0.3 is 0 Å². The fraction of sp³-hybridized carbons (Fsp3) is 0.217. The lowest BCUT2D eigenvalue weighted by Gasteiger charge is -2.19. The minimum Gasteiger partial charge on any atom is -0.497 e. The second-order valence-electron chi connectivity index (χ2n) is 7.04. The molecule has 31 heavy (non-hydrogen) atoms. The van der Waals surface area contributed by atoms with E-state index in [0.29, 0.717) is 12.2 Å². The zero-order chi connectivity index (χ0) is 22.4. The highest BCUT2D eigenvalue weighted by Crippen LogP contribution is 2.26. The van der Waals surface area contributed by atoms with Gasteiger partial charge in [0.1, 0.15) is 5.75 Å². The van der Waals surface area contributed by atoms with Crippen molar-refractivity contribution >= 4 is 21.6 Å². The second-order valence-corrected chi connectivity index (χ2v) is 8.73. The number of nitrogens with one attached hydrogen (secondary N) is 2. The first-order chi connectivity index (χ1) is 14.8. The van der Waals surface area contributed by atoms with Crippen molar-refractivity contribution in [3.05, 3.63) is 83.7 Å². The Balaban J connectivity index is 1.92. The Hall–Kier alpha value is -3.39. The van der Waals surface area contributed by atoms with E-state index in [1.165, 1.54) is 31.4 Å². The van der Waals surface area contributed by atoms with Crippen LogP contribution in [0.1, 0.15) is 40.9 Å². The predicted molar refractivity (Wildman–Crippen MR) is 120 cm³/mol. The molecule has 1 atom stereocenters. The Morgan fingerprint density at radius 3 is 2.35 bits per heavy atom. The zero-order valence-corrected chi connectivity index (χ0v) is 18.4. The van der Waals surface area contributed by atoms with Gasteiger partial charge in [0, 0.05) is 12.4 Å². The van der Waals surface area contributed by atoms with Crippen molar-refractivity contribution in [2.24, 2.45) is 0 Å². The molecule has 3 aromatic rings. The molecule has 0 saturated heterocycles. The van der Waals surface area contributed by atoms with Gasteiger partial charge in [-0.1, -0.05) is 24.6 Å². The van der Waals surface area contributed by atoms with Gasteiger partial charge in [0.15, 0.2) is 0 Å². The first kappa shape index (κ1) is 22.3. The fourth-order valence-electron chi connectivity index (χ4n) is 3.10. The van der Waals surface area contributed by atoms with E-state index in [-0.39, 0.29) is 22.2 Å². The van der Waals surface area contributed by atoms with Gasteiger partial charge in [0.2, 0.25) is 0 Å². The summed E-state index contributed by atoms with van der Waals surface area (Å²) in [6, 6.07) is 14.5. The van der Waals surface area contributed by atoms with Crippen LogP contribution in [0, 0.1) is 6.92 Å². The van der Waals surface area contributed by atoms with Gasteiger partial charge in [-0.2, -0.15) is 0 Å².